The average Bonchev–Trinajstić information content (AvgIpc) is 2.72. The van der Waals surface area contributed by atoms with E-state index in [1.165, 1.54) is 29.4 Å². The highest BCUT2D eigenvalue weighted by Gasteiger charge is 2.18. The van der Waals surface area contributed by atoms with Gasteiger partial charge in [-0.25, -0.2) is 0 Å². The predicted molar refractivity (Wildman–Crippen MR) is 80.3 cm³/mol. The summed E-state index contributed by atoms with van der Waals surface area (Å²) < 4.78 is 4.27. The van der Waals surface area contributed by atoms with Gasteiger partial charge in [-0.05, 0) is 30.6 Å². The van der Waals surface area contributed by atoms with E-state index in [-0.39, 0.29) is 0 Å². The third-order valence-electron chi connectivity index (χ3n) is 3.16. The van der Waals surface area contributed by atoms with Crippen molar-refractivity contribution in [2.75, 3.05) is 30.0 Å². The highest BCUT2D eigenvalue weighted by molar-refractivity contribution is 7.99. The molecule has 0 aliphatic carbocycles. The normalized spacial score (nSPS) is 11.1. The Balaban J connectivity index is 2.85. The maximum atomic E-state index is 5.89. The van der Waals surface area contributed by atoms with Gasteiger partial charge in [0.05, 0.1) is 4.90 Å². The minimum absolute atomic E-state index is 0.681. The fourth-order valence-corrected chi connectivity index (χ4v) is 3.65. The quantitative estimate of drug-likeness (QED) is 0.769. The van der Waals surface area contributed by atoms with Crippen molar-refractivity contribution in [1.29, 1.82) is 0 Å². The van der Waals surface area contributed by atoms with E-state index in [9.17, 15) is 0 Å². The lowest BCUT2D eigenvalue weighted by atomic mass is 10.0. The van der Waals surface area contributed by atoms with Gasteiger partial charge in [0.25, 0.3) is 0 Å². The van der Waals surface area contributed by atoms with E-state index < -0.39 is 0 Å². The Morgan fingerprint density at radius 3 is 2.47 bits per heavy atom. The van der Waals surface area contributed by atoms with Crippen molar-refractivity contribution in [3.63, 3.8) is 0 Å². The second kappa shape index (κ2) is 7.11. The summed E-state index contributed by atoms with van der Waals surface area (Å²) in [6.07, 6.45) is 4.53. The molecule has 0 amide bonds. The molecule has 1 aromatic heterocycles. The molecule has 0 aliphatic heterocycles. The van der Waals surface area contributed by atoms with Gasteiger partial charge >= 0.3 is 0 Å². The molecule has 0 saturated heterocycles. The molecule has 0 radical (unpaired) electrons. The Bertz CT molecular complexity index is 334. The number of nitrogens with zero attached hydrogens (tertiary/aromatic N) is 2. The van der Waals surface area contributed by atoms with Gasteiger partial charge in [-0.2, -0.15) is 4.37 Å². The maximum absolute atomic E-state index is 5.89. The van der Waals surface area contributed by atoms with Crippen molar-refractivity contribution >= 4 is 34.1 Å². The van der Waals surface area contributed by atoms with E-state index in [2.05, 4.69) is 36.3 Å². The second-order valence-electron chi connectivity index (χ2n) is 4.13. The van der Waals surface area contributed by atoms with Gasteiger partial charge in [-0.1, -0.05) is 26.7 Å². The average molecular weight is 273 g/mol. The van der Waals surface area contributed by atoms with Crippen LogP contribution in [0.4, 0.5) is 10.8 Å². The molecule has 17 heavy (non-hydrogen) atoms. The van der Waals surface area contributed by atoms with Crippen LogP contribution in [0.15, 0.2) is 4.90 Å². The van der Waals surface area contributed by atoms with Gasteiger partial charge in [0.15, 0.2) is 5.82 Å². The lowest BCUT2D eigenvalue weighted by Gasteiger charge is -2.26. The second-order valence-corrected chi connectivity index (χ2v) is 5.70. The summed E-state index contributed by atoms with van der Waals surface area (Å²) in [5.41, 5.74) is 5.89. The number of anilines is 2. The molecule has 1 rings (SSSR count). The highest BCUT2D eigenvalue weighted by Crippen LogP contribution is 2.37. The summed E-state index contributed by atoms with van der Waals surface area (Å²) in [4.78, 5) is 3.56. The zero-order valence-corrected chi connectivity index (χ0v) is 12.8. The number of hydrogen-bond acceptors (Lipinski definition) is 5. The zero-order valence-electron chi connectivity index (χ0n) is 11.2. The first-order chi connectivity index (χ1) is 8.17. The van der Waals surface area contributed by atoms with Crippen molar-refractivity contribution < 1.29 is 0 Å². The van der Waals surface area contributed by atoms with Gasteiger partial charge in [-0.15, -0.1) is 11.8 Å². The number of nitrogen functional groups attached to an aromatic ring is 1. The van der Waals surface area contributed by atoms with Gasteiger partial charge < -0.3 is 10.6 Å². The van der Waals surface area contributed by atoms with E-state index in [0.717, 1.165) is 23.9 Å². The Kier molecular flexibility index (Phi) is 6.12. The third kappa shape index (κ3) is 3.52. The lowest BCUT2D eigenvalue weighted by molar-refractivity contribution is 0.486. The molecule has 1 heterocycles. The smallest absolute Gasteiger partial charge is 0.153 e. The molecule has 98 valence electrons. The minimum Gasteiger partial charge on any atom is -0.382 e. The van der Waals surface area contributed by atoms with Gasteiger partial charge in [-0.3, -0.25) is 0 Å². The van der Waals surface area contributed by atoms with Crippen LogP contribution in [-0.2, 0) is 0 Å². The van der Waals surface area contributed by atoms with E-state index in [1.807, 2.05) is 0 Å². The van der Waals surface area contributed by atoms with Crippen molar-refractivity contribution in [1.82, 2.24) is 4.37 Å². The number of hydrogen-bond donors (Lipinski definition) is 1. The van der Waals surface area contributed by atoms with Crippen LogP contribution in [0.2, 0.25) is 0 Å². The summed E-state index contributed by atoms with van der Waals surface area (Å²) in [6, 6.07) is 0. The number of aromatic nitrogens is 1. The Labute approximate surface area is 113 Å². The molecule has 0 bridgehead atoms. The molecule has 5 heteroatoms. The fourth-order valence-electron chi connectivity index (χ4n) is 1.89. The molecule has 0 fully saturated rings. The SMILES string of the molecule is CCC(CC)CN(CC)c1snc(N)c1SC. The standard InChI is InChI=1S/C12H23N3S2/c1-5-9(6-2)8-15(7-3)12-10(16-4)11(13)14-17-12/h9H,5-8H2,1-4H3,(H2,13,14). The van der Waals surface area contributed by atoms with Gasteiger partial charge in [0.1, 0.15) is 5.00 Å². The molecule has 0 spiro atoms. The molecular weight excluding hydrogens is 250 g/mol. The highest BCUT2D eigenvalue weighted by atomic mass is 32.2. The van der Waals surface area contributed by atoms with Crippen molar-refractivity contribution in [2.45, 2.75) is 38.5 Å². The van der Waals surface area contributed by atoms with Crippen LogP contribution in [0.1, 0.15) is 33.6 Å². The van der Waals surface area contributed by atoms with Crippen LogP contribution in [0, 0.1) is 5.92 Å². The molecule has 0 aliphatic rings. The van der Waals surface area contributed by atoms with Crippen molar-refractivity contribution in [2.24, 2.45) is 5.92 Å². The molecular formula is C12H23N3S2. The van der Waals surface area contributed by atoms with Crippen molar-refractivity contribution in [3.8, 4) is 0 Å². The summed E-state index contributed by atoms with van der Waals surface area (Å²) in [7, 11) is 0. The molecule has 0 aromatic carbocycles. The van der Waals surface area contributed by atoms with E-state index in [4.69, 9.17) is 5.73 Å². The zero-order chi connectivity index (χ0) is 12.8. The number of nitrogens with two attached hydrogens (primary N) is 1. The Hall–Kier alpha value is -0.420. The van der Waals surface area contributed by atoms with Crippen LogP contribution < -0.4 is 10.6 Å². The predicted octanol–water partition coefficient (Wildman–Crippen LogP) is 3.71. The fraction of sp³-hybridized carbons (Fsp3) is 0.750. The first-order valence-corrected chi connectivity index (χ1v) is 8.21. The lowest BCUT2D eigenvalue weighted by Crippen LogP contribution is -2.28. The topological polar surface area (TPSA) is 42.2 Å². The molecule has 0 unspecified atom stereocenters. The van der Waals surface area contributed by atoms with E-state index in [1.54, 1.807) is 11.8 Å². The Morgan fingerprint density at radius 1 is 1.35 bits per heavy atom. The Morgan fingerprint density at radius 2 is 2.00 bits per heavy atom. The monoisotopic (exact) mass is 273 g/mol. The van der Waals surface area contributed by atoms with Crippen LogP contribution in [0.25, 0.3) is 0 Å². The minimum atomic E-state index is 0.681. The summed E-state index contributed by atoms with van der Waals surface area (Å²) in [6.45, 7) is 8.85. The molecule has 0 atom stereocenters. The molecule has 0 saturated carbocycles. The first kappa shape index (κ1) is 14.6. The van der Waals surface area contributed by atoms with E-state index in [0.29, 0.717) is 5.82 Å². The molecule has 2 N–H and O–H groups in total. The van der Waals surface area contributed by atoms with Crippen LogP contribution in [-0.4, -0.2) is 23.7 Å². The maximum Gasteiger partial charge on any atom is 0.153 e. The molecule has 3 nitrogen and oxygen atoms in total. The van der Waals surface area contributed by atoms with Crippen molar-refractivity contribution in [3.05, 3.63) is 0 Å². The number of rotatable bonds is 7. The van der Waals surface area contributed by atoms with Crippen LogP contribution >= 0.6 is 23.3 Å². The third-order valence-corrected chi connectivity index (χ3v) is 5.03. The summed E-state index contributed by atoms with van der Waals surface area (Å²) in [5.74, 6) is 1.44. The molecule has 1 aromatic rings. The summed E-state index contributed by atoms with van der Waals surface area (Å²) in [5, 5.41) is 1.24. The van der Waals surface area contributed by atoms with Crippen LogP contribution in [0.3, 0.4) is 0 Å². The van der Waals surface area contributed by atoms with Gasteiger partial charge in [0.2, 0.25) is 0 Å². The van der Waals surface area contributed by atoms with Crippen LogP contribution in [0.5, 0.6) is 0 Å². The largest absolute Gasteiger partial charge is 0.382 e. The summed E-state index contributed by atoms with van der Waals surface area (Å²) >= 11 is 3.22. The number of thioether (sulfide) groups is 1. The van der Waals surface area contributed by atoms with E-state index >= 15 is 0 Å². The first-order valence-electron chi connectivity index (χ1n) is 6.21. The van der Waals surface area contributed by atoms with Gasteiger partial charge in [0, 0.05) is 13.1 Å².